The van der Waals surface area contributed by atoms with Crippen molar-refractivity contribution in [3.8, 4) is 0 Å². The van der Waals surface area contributed by atoms with Crippen LogP contribution in [0, 0.1) is 12.7 Å². The lowest BCUT2D eigenvalue weighted by molar-refractivity contribution is 0.627. The summed E-state index contributed by atoms with van der Waals surface area (Å²) in [4.78, 5) is 2.44. The van der Waals surface area contributed by atoms with E-state index in [0.717, 1.165) is 30.9 Å². The molecule has 0 spiro atoms. The average molecular weight is 284 g/mol. The van der Waals surface area contributed by atoms with Crippen LogP contribution in [0.4, 0.5) is 15.8 Å². The molecule has 0 aliphatic carbocycles. The number of nitrogens with one attached hydrogen (secondary N) is 1. The van der Waals surface area contributed by atoms with Gasteiger partial charge in [-0.1, -0.05) is 18.2 Å². The summed E-state index contributed by atoms with van der Waals surface area (Å²) in [6.07, 6.45) is 2.54. The molecule has 1 heterocycles. The zero-order valence-corrected chi connectivity index (χ0v) is 12.4. The third-order valence-electron chi connectivity index (χ3n) is 3.96. The van der Waals surface area contributed by atoms with Crippen LogP contribution >= 0.6 is 0 Å². The Kier molecular flexibility index (Phi) is 4.09. The maximum atomic E-state index is 13.4. The van der Waals surface area contributed by atoms with E-state index < -0.39 is 0 Å². The van der Waals surface area contributed by atoms with E-state index in [2.05, 4.69) is 34.5 Å². The van der Waals surface area contributed by atoms with Crippen molar-refractivity contribution in [2.75, 3.05) is 23.3 Å². The largest absolute Gasteiger partial charge is 0.381 e. The van der Waals surface area contributed by atoms with E-state index in [9.17, 15) is 4.39 Å². The summed E-state index contributed by atoms with van der Waals surface area (Å²) in [7, 11) is 0. The molecule has 2 nitrogen and oxygen atoms in total. The van der Waals surface area contributed by atoms with Gasteiger partial charge in [0.15, 0.2) is 0 Å². The number of aryl methyl sites for hydroxylation is 1. The Morgan fingerprint density at radius 1 is 1.10 bits per heavy atom. The van der Waals surface area contributed by atoms with Crippen molar-refractivity contribution in [2.24, 2.45) is 0 Å². The molecule has 1 fully saturated rings. The first-order valence-corrected chi connectivity index (χ1v) is 7.56. The van der Waals surface area contributed by atoms with Crippen LogP contribution in [0.5, 0.6) is 0 Å². The smallest absolute Gasteiger partial charge is 0.125 e. The molecule has 2 aromatic rings. The molecule has 1 N–H and O–H groups in total. The Bertz CT molecular complexity index is 598. The Hall–Kier alpha value is -2.03. The van der Waals surface area contributed by atoms with Crippen LogP contribution < -0.4 is 10.2 Å². The van der Waals surface area contributed by atoms with Gasteiger partial charge in [-0.25, -0.2) is 4.39 Å². The lowest BCUT2D eigenvalue weighted by Crippen LogP contribution is -2.19. The Balaban J connectivity index is 1.75. The number of hydrogen-bond acceptors (Lipinski definition) is 2. The molecule has 3 rings (SSSR count). The summed E-state index contributed by atoms with van der Waals surface area (Å²) in [5.41, 5.74) is 4.34. The van der Waals surface area contributed by atoms with Gasteiger partial charge in [-0.15, -0.1) is 0 Å². The SMILES string of the molecule is Cc1cc(F)cc(NCc2ccccc2N2CCCC2)c1. The topological polar surface area (TPSA) is 15.3 Å². The van der Waals surface area contributed by atoms with Crippen LogP contribution in [0.1, 0.15) is 24.0 Å². The maximum absolute atomic E-state index is 13.4. The number of rotatable bonds is 4. The van der Waals surface area contributed by atoms with Crippen molar-refractivity contribution < 1.29 is 4.39 Å². The van der Waals surface area contributed by atoms with E-state index in [-0.39, 0.29) is 5.82 Å². The summed E-state index contributed by atoms with van der Waals surface area (Å²) in [6, 6.07) is 13.5. The van der Waals surface area contributed by atoms with E-state index in [0.29, 0.717) is 0 Å². The zero-order chi connectivity index (χ0) is 14.7. The van der Waals surface area contributed by atoms with Crippen LogP contribution in [0.25, 0.3) is 0 Å². The molecule has 21 heavy (non-hydrogen) atoms. The average Bonchev–Trinajstić information content (AvgIpc) is 2.98. The first-order valence-electron chi connectivity index (χ1n) is 7.56. The summed E-state index contributed by atoms with van der Waals surface area (Å²) in [5, 5.41) is 3.34. The quantitative estimate of drug-likeness (QED) is 0.898. The highest BCUT2D eigenvalue weighted by Gasteiger charge is 2.15. The molecular weight excluding hydrogens is 263 g/mol. The zero-order valence-electron chi connectivity index (χ0n) is 12.4. The van der Waals surface area contributed by atoms with Gasteiger partial charge in [0, 0.05) is 31.0 Å². The van der Waals surface area contributed by atoms with Gasteiger partial charge in [-0.3, -0.25) is 0 Å². The minimum atomic E-state index is -0.190. The molecule has 0 unspecified atom stereocenters. The minimum absolute atomic E-state index is 0.190. The molecule has 3 heteroatoms. The predicted octanol–water partition coefficient (Wildman–Crippen LogP) is 4.35. The highest BCUT2D eigenvalue weighted by molar-refractivity contribution is 5.56. The Morgan fingerprint density at radius 2 is 1.86 bits per heavy atom. The number of benzene rings is 2. The second-order valence-electron chi connectivity index (χ2n) is 5.69. The highest BCUT2D eigenvalue weighted by Crippen LogP contribution is 2.25. The molecule has 110 valence electrons. The summed E-state index contributed by atoms with van der Waals surface area (Å²) >= 11 is 0. The van der Waals surface area contributed by atoms with Gasteiger partial charge in [0.05, 0.1) is 0 Å². The van der Waals surface area contributed by atoms with E-state index in [1.165, 1.54) is 24.1 Å². The fraction of sp³-hybridized carbons (Fsp3) is 0.333. The van der Waals surface area contributed by atoms with Crippen LogP contribution in [0.15, 0.2) is 42.5 Å². The van der Waals surface area contributed by atoms with Gasteiger partial charge in [-0.2, -0.15) is 0 Å². The van der Waals surface area contributed by atoms with Gasteiger partial charge in [0.1, 0.15) is 5.82 Å². The van der Waals surface area contributed by atoms with Crippen molar-refractivity contribution >= 4 is 11.4 Å². The number of anilines is 2. The fourth-order valence-corrected chi connectivity index (χ4v) is 2.96. The molecule has 0 saturated carbocycles. The highest BCUT2D eigenvalue weighted by atomic mass is 19.1. The molecule has 1 aliphatic heterocycles. The molecular formula is C18H21FN2. The molecule has 0 radical (unpaired) electrons. The van der Waals surface area contributed by atoms with Gasteiger partial charge in [0.25, 0.3) is 0 Å². The number of para-hydroxylation sites is 1. The standard InChI is InChI=1S/C18H21FN2/c1-14-10-16(19)12-17(11-14)20-13-15-6-2-3-7-18(15)21-8-4-5-9-21/h2-3,6-7,10-12,20H,4-5,8-9,13H2,1H3. The third kappa shape index (κ3) is 3.35. The van der Waals surface area contributed by atoms with Crippen LogP contribution in [0.2, 0.25) is 0 Å². The first-order chi connectivity index (χ1) is 10.2. The van der Waals surface area contributed by atoms with Crippen molar-refractivity contribution in [2.45, 2.75) is 26.3 Å². The molecule has 1 saturated heterocycles. The van der Waals surface area contributed by atoms with Crippen molar-refractivity contribution in [1.29, 1.82) is 0 Å². The summed E-state index contributed by atoms with van der Waals surface area (Å²) < 4.78 is 13.4. The maximum Gasteiger partial charge on any atom is 0.125 e. The number of hydrogen-bond donors (Lipinski definition) is 1. The van der Waals surface area contributed by atoms with Crippen LogP contribution in [-0.4, -0.2) is 13.1 Å². The summed E-state index contributed by atoms with van der Waals surface area (Å²) in [6.45, 7) is 4.90. The molecule has 0 amide bonds. The summed E-state index contributed by atoms with van der Waals surface area (Å²) in [5.74, 6) is -0.190. The molecule has 0 aromatic heterocycles. The van der Waals surface area contributed by atoms with E-state index in [1.54, 1.807) is 12.1 Å². The lowest BCUT2D eigenvalue weighted by atomic mass is 10.1. The second kappa shape index (κ2) is 6.17. The van der Waals surface area contributed by atoms with Crippen molar-refractivity contribution in [1.82, 2.24) is 0 Å². The van der Waals surface area contributed by atoms with Gasteiger partial charge < -0.3 is 10.2 Å². The van der Waals surface area contributed by atoms with E-state index in [1.807, 2.05) is 13.0 Å². The molecule has 1 aliphatic rings. The monoisotopic (exact) mass is 284 g/mol. The number of nitrogens with zero attached hydrogens (tertiary/aromatic N) is 1. The van der Waals surface area contributed by atoms with Crippen LogP contribution in [-0.2, 0) is 6.54 Å². The second-order valence-corrected chi connectivity index (χ2v) is 5.69. The first kappa shape index (κ1) is 13.9. The molecule has 2 aromatic carbocycles. The van der Waals surface area contributed by atoms with E-state index >= 15 is 0 Å². The van der Waals surface area contributed by atoms with Crippen molar-refractivity contribution in [3.05, 3.63) is 59.4 Å². The normalized spacial score (nSPS) is 14.5. The van der Waals surface area contributed by atoms with Crippen molar-refractivity contribution in [3.63, 3.8) is 0 Å². The molecule has 0 bridgehead atoms. The Labute approximate surface area is 125 Å². The van der Waals surface area contributed by atoms with Crippen LogP contribution in [0.3, 0.4) is 0 Å². The lowest BCUT2D eigenvalue weighted by Gasteiger charge is -2.21. The molecule has 0 atom stereocenters. The van der Waals surface area contributed by atoms with E-state index in [4.69, 9.17) is 0 Å². The minimum Gasteiger partial charge on any atom is -0.381 e. The van der Waals surface area contributed by atoms with Gasteiger partial charge in [0.2, 0.25) is 0 Å². The third-order valence-corrected chi connectivity index (χ3v) is 3.96. The van der Waals surface area contributed by atoms with Gasteiger partial charge in [-0.05, 0) is 55.2 Å². The van der Waals surface area contributed by atoms with Gasteiger partial charge >= 0.3 is 0 Å². The number of halogens is 1. The predicted molar refractivity (Wildman–Crippen MR) is 86.4 cm³/mol. The Morgan fingerprint density at radius 3 is 2.62 bits per heavy atom. The fourth-order valence-electron chi connectivity index (χ4n) is 2.96.